The Morgan fingerprint density at radius 1 is 1.09 bits per heavy atom. The van der Waals surface area contributed by atoms with E-state index in [4.69, 9.17) is 16.3 Å². The van der Waals surface area contributed by atoms with Crippen LogP contribution in [0.1, 0.15) is 34.1 Å². The molecule has 0 aliphatic heterocycles. The van der Waals surface area contributed by atoms with Gasteiger partial charge in [-0.15, -0.1) is 0 Å². The van der Waals surface area contributed by atoms with E-state index in [9.17, 15) is 14.4 Å². The van der Waals surface area contributed by atoms with E-state index in [1.807, 2.05) is 19.1 Å². The Kier molecular flexibility index (Phi) is 6.98. The second-order valence-electron chi connectivity index (χ2n) is 8.10. The molecule has 1 amide bonds. The molecule has 7 nitrogen and oxygen atoms in total. The van der Waals surface area contributed by atoms with Crippen LogP contribution in [0.25, 0.3) is 11.0 Å². The Bertz CT molecular complexity index is 1490. The number of carbonyl (C=O) groups excluding carboxylic acids is 2. The predicted molar refractivity (Wildman–Crippen MR) is 137 cm³/mol. The summed E-state index contributed by atoms with van der Waals surface area (Å²) in [7, 11) is 1.51. The number of ether oxygens (including phenoxy) is 1. The molecule has 2 heterocycles. The van der Waals surface area contributed by atoms with Gasteiger partial charge in [0.15, 0.2) is 5.78 Å². The van der Waals surface area contributed by atoms with Crippen LogP contribution in [0.5, 0.6) is 5.75 Å². The number of nitrogens with one attached hydrogen (secondary N) is 1. The fraction of sp³-hybridized carbons (Fsp3) is 0.185. The lowest BCUT2D eigenvalue weighted by Crippen LogP contribution is -2.25. The van der Waals surface area contributed by atoms with E-state index in [0.29, 0.717) is 33.4 Å². The number of aryl methyl sites for hydroxylation is 2. The molecule has 8 heteroatoms. The van der Waals surface area contributed by atoms with Gasteiger partial charge in [-0.05, 0) is 49.2 Å². The molecule has 0 unspecified atom stereocenters. The molecule has 0 aliphatic carbocycles. The number of rotatable bonds is 7. The second kappa shape index (κ2) is 10.1. The van der Waals surface area contributed by atoms with Crippen LogP contribution in [0.2, 0.25) is 5.02 Å². The van der Waals surface area contributed by atoms with E-state index in [0.717, 1.165) is 12.0 Å². The third-order valence-electron chi connectivity index (χ3n) is 5.68. The molecule has 2 aromatic carbocycles. The van der Waals surface area contributed by atoms with Crippen LogP contribution in [0.4, 0.5) is 5.69 Å². The van der Waals surface area contributed by atoms with E-state index >= 15 is 0 Å². The Labute approximate surface area is 207 Å². The van der Waals surface area contributed by atoms with E-state index in [2.05, 4.69) is 10.3 Å². The van der Waals surface area contributed by atoms with Crippen LogP contribution in [-0.2, 0) is 17.8 Å². The SMILES string of the molecule is CCc1ccc(C(=O)c2cn(CC(=O)Nc3ccc(OC)c(Cl)c3)c3nc(C)ccc3c2=O)cc1. The molecular formula is C27H24ClN3O4. The summed E-state index contributed by atoms with van der Waals surface area (Å²) in [5.74, 6) is -0.285. The van der Waals surface area contributed by atoms with Gasteiger partial charge < -0.3 is 14.6 Å². The molecule has 4 aromatic rings. The van der Waals surface area contributed by atoms with Crippen LogP contribution in [0.15, 0.2) is 65.6 Å². The lowest BCUT2D eigenvalue weighted by molar-refractivity contribution is -0.116. The third kappa shape index (κ3) is 5.10. The first-order valence-electron chi connectivity index (χ1n) is 11.1. The fourth-order valence-corrected chi connectivity index (χ4v) is 4.05. The summed E-state index contributed by atoms with van der Waals surface area (Å²) in [5, 5.41) is 3.41. The first-order chi connectivity index (χ1) is 16.8. The van der Waals surface area contributed by atoms with E-state index < -0.39 is 11.2 Å². The molecule has 178 valence electrons. The van der Waals surface area contributed by atoms with Crippen molar-refractivity contribution in [1.82, 2.24) is 9.55 Å². The number of fused-ring (bicyclic) bond motifs is 1. The average Bonchev–Trinajstić information content (AvgIpc) is 2.85. The monoisotopic (exact) mass is 489 g/mol. The smallest absolute Gasteiger partial charge is 0.244 e. The maximum absolute atomic E-state index is 13.2. The zero-order valence-corrected chi connectivity index (χ0v) is 20.3. The van der Waals surface area contributed by atoms with Gasteiger partial charge in [-0.3, -0.25) is 14.4 Å². The van der Waals surface area contributed by atoms with E-state index in [-0.39, 0.29) is 23.4 Å². The summed E-state index contributed by atoms with van der Waals surface area (Å²) < 4.78 is 6.66. The Hall–Kier alpha value is -3.97. The van der Waals surface area contributed by atoms with Crippen molar-refractivity contribution in [3.63, 3.8) is 0 Å². The predicted octanol–water partition coefficient (Wildman–Crippen LogP) is 4.80. The fourth-order valence-electron chi connectivity index (χ4n) is 3.79. The molecule has 0 spiro atoms. The number of pyridine rings is 2. The molecule has 35 heavy (non-hydrogen) atoms. The van der Waals surface area contributed by atoms with Crippen LogP contribution in [0.3, 0.4) is 0 Å². The molecule has 0 radical (unpaired) electrons. The van der Waals surface area contributed by atoms with Crippen LogP contribution in [0, 0.1) is 6.92 Å². The summed E-state index contributed by atoms with van der Waals surface area (Å²) in [5.41, 5.74) is 2.55. The third-order valence-corrected chi connectivity index (χ3v) is 5.97. The van der Waals surface area contributed by atoms with Gasteiger partial charge in [-0.25, -0.2) is 4.98 Å². The standard InChI is InChI=1S/C27H24ClN3O4/c1-4-17-6-8-18(9-7-17)25(33)21-14-31(27-20(26(21)34)11-5-16(2)29-27)15-24(32)30-19-10-12-23(35-3)22(28)13-19/h5-14H,4,15H2,1-3H3,(H,30,32). The number of nitrogens with zero attached hydrogens (tertiary/aromatic N) is 2. The van der Waals surface area contributed by atoms with Crippen LogP contribution < -0.4 is 15.5 Å². The van der Waals surface area contributed by atoms with Gasteiger partial charge in [0.25, 0.3) is 0 Å². The molecule has 0 saturated heterocycles. The second-order valence-corrected chi connectivity index (χ2v) is 8.51. The highest BCUT2D eigenvalue weighted by Gasteiger charge is 2.19. The quantitative estimate of drug-likeness (QED) is 0.377. The minimum atomic E-state index is -0.421. The molecule has 0 aliphatic rings. The average molecular weight is 490 g/mol. The van der Waals surface area contributed by atoms with Gasteiger partial charge in [0.2, 0.25) is 11.3 Å². The number of carbonyl (C=O) groups is 2. The number of aromatic nitrogens is 2. The number of benzene rings is 2. The van der Waals surface area contributed by atoms with Crippen molar-refractivity contribution in [3.8, 4) is 5.75 Å². The number of hydrogen-bond donors (Lipinski definition) is 1. The number of methoxy groups -OCH3 is 1. The largest absolute Gasteiger partial charge is 0.495 e. The number of halogens is 1. The number of hydrogen-bond acceptors (Lipinski definition) is 5. The Morgan fingerprint density at radius 2 is 1.83 bits per heavy atom. The van der Waals surface area contributed by atoms with Crippen molar-refractivity contribution in [2.45, 2.75) is 26.8 Å². The molecule has 0 fully saturated rings. The number of anilines is 1. The van der Waals surface area contributed by atoms with Crippen molar-refractivity contribution < 1.29 is 14.3 Å². The van der Waals surface area contributed by atoms with E-state index in [1.165, 1.54) is 17.9 Å². The summed E-state index contributed by atoms with van der Waals surface area (Å²) in [6.07, 6.45) is 2.25. The number of amides is 1. The summed E-state index contributed by atoms with van der Waals surface area (Å²) in [4.78, 5) is 43.8. The first-order valence-corrected chi connectivity index (χ1v) is 11.5. The van der Waals surface area contributed by atoms with Gasteiger partial charge in [0.05, 0.1) is 23.1 Å². The number of ketones is 1. The van der Waals surface area contributed by atoms with Crippen LogP contribution >= 0.6 is 11.6 Å². The maximum atomic E-state index is 13.2. The van der Waals surface area contributed by atoms with Crippen molar-refractivity contribution in [2.24, 2.45) is 0 Å². The van der Waals surface area contributed by atoms with Gasteiger partial charge in [0.1, 0.15) is 17.9 Å². The lowest BCUT2D eigenvalue weighted by Gasteiger charge is -2.14. The molecule has 0 bridgehead atoms. The van der Waals surface area contributed by atoms with Crippen molar-refractivity contribution in [1.29, 1.82) is 0 Å². The molecule has 2 aromatic heterocycles. The highest BCUT2D eigenvalue weighted by Crippen LogP contribution is 2.27. The van der Waals surface area contributed by atoms with Gasteiger partial charge in [-0.1, -0.05) is 42.8 Å². The highest BCUT2D eigenvalue weighted by molar-refractivity contribution is 6.32. The van der Waals surface area contributed by atoms with Gasteiger partial charge >= 0.3 is 0 Å². The summed E-state index contributed by atoms with van der Waals surface area (Å²) in [6, 6.07) is 15.4. The van der Waals surface area contributed by atoms with Crippen molar-refractivity contribution in [2.75, 3.05) is 12.4 Å². The normalized spacial score (nSPS) is 10.9. The van der Waals surface area contributed by atoms with Crippen molar-refractivity contribution >= 4 is 40.0 Å². The lowest BCUT2D eigenvalue weighted by atomic mass is 10.0. The van der Waals surface area contributed by atoms with Crippen molar-refractivity contribution in [3.05, 3.63) is 98.4 Å². The summed E-state index contributed by atoms with van der Waals surface area (Å²) in [6.45, 7) is 3.66. The molecule has 1 N–H and O–H groups in total. The Morgan fingerprint density at radius 3 is 2.49 bits per heavy atom. The zero-order chi connectivity index (χ0) is 25.1. The maximum Gasteiger partial charge on any atom is 0.244 e. The highest BCUT2D eigenvalue weighted by atomic mass is 35.5. The minimum absolute atomic E-state index is 0.0207. The zero-order valence-electron chi connectivity index (χ0n) is 19.6. The van der Waals surface area contributed by atoms with Gasteiger partial charge in [-0.2, -0.15) is 0 Å². The Balaban J connectivity index is 1.72. The first kappa shape index (κ1) is 24.2. The molecular weight excluding hydrogens is 466 g/mol. The minimum Gasteiger partial charge on any atom is -0.495 e. The summed E-state index contributed by atoms with van der Waals surface area (Å²) >= 11 is 6.16. The van der Waals surface area contributed by atoms with Gasteiger partial charge in [0, 0.05) is 23.1 Å². The molecule has 0 saturated carbocycles. The topological polar surface area (TPSA) is 90.3 Å². The van der Waals surface area contributed by atoms with Crippen LogP contribution in [-0.4, -0.2) is 28.4 Å². The molecule has 4 rings (SSSR count). The molecule has 0 atom stereocenters. The van der Waals surface area contributed by atoms with E-state index in [1.54, 1.807) is 49.4 Å².